The molecule has 0 radical (unpaired) electrons. The summed E-state index contributed by atoms with van der Waals surface area (Å²) in [7, 11) is 0. The average Bonchev–Trinajstić information content (AvgIpc) is 2.33. The van der Waals surface area contributed by atoms with Crippen molar-refractivity contribution >= 4 is 40.7 Å². The molecular weight excluding hydrogens is 332 g/mol. The number of aromatic nitrogens is 1. The Morgan fingerprint density at radius 3 is 2.15 bits per heavy atom. The van der Waals surface area contributed by atoms with Crippen LogP contribution in [0.1, 0.15) is 5.56 Å². The van der Waals surface area contributed by atoms with E-state index in [4.69, 9.17) is 28.9 Å². The van der Waals surface area contributed by atoms with E-state index in [1.165, 1.54) is 18.2 Å². The first-order chi connectivity index (χ1) is 9.27. The Hall–Kier alpha value is -1.11. The quantitative estimate of drug-likeness (QED) is 0.770. The summed E-state index contributed by atoms with van der Waals surface area (Å²) in [6.45, 7) is 0. The molecule has 0 aliphatic carbocycles. The molecule has 8 heteroatoms. The predicted molar refractivity (Wildman–Crippen MR) is 74.2 cm³/mol. The number of alkyl halides is 3. The van der Waals surface area contributed by atoms with Gasteiger partial charge in [0.05, 0.1) is 20.5 Å². The fraction of sp³-hybridized carbons (Fsp3) is 0.0833. The Labute approximate surface area is 127 Å². The smallest absolute Gasteiger partial charge is 0.399 e. The van der Waals surface area contributed by atoms with Crippen LogP contribution in [0, 0.1) is 0 Å². The minimum Gasteiger partial charge on any atom is -0.399 e. The second-order valence-corrected chi connectivity index (χ2v) is 5.64. The zero-order valence-electron chi connectivity index (χ0n) is 9.71. The van der Waals surface area contributed by atoms with Gasteiger partial charge in [0.1, 0.15) is 5.03 Å². The van der Waals surface area contributed by atoms with Gasteiger partial charge in [-0.25, -0.2) is 4.98 Å². The molecule has 2 N–H and O–H groups in total. The summed E-state index contributed by atoms with van der Waals surface area (Å²) in [4.78, 5) is 4.23. The molecule has 0 bridgehead atoms. The van der Waals surface area contributed by atoms with Crippen molar-refractivity contribution in [1.82, 2.24) is 4.98 Å². The van der Waals surface area contributed by atoms with Gasteiger partial charge < -0.3 is 5.73 Å². The molecule has 1 aromatic carbocycles. The van der Waals surface area contributed by atoms with Gasteiger partial charge in [-0.1, -0.05) is 35.0 Å². The van der Waals surface area contributed by atoms with E-state index in [1.807, 2.05) is 0 Å². The van der Waals surface area contributed by atoms with Gasteiger partial charge in [0.2, 0.25) is 0 Å². The van der Waals surface area contributed by atoms with Crippen molar-refractivity contribution in [3.05, 3.63) is 46.1 Å². The lowest BCUT2D eigenvalue weighted by Crippen LogP contribution is -2.05. The van der Waals surface area contributed by atoms with Gasteiger partial charge in [-0.05, 0) is 24.3 Å². The monoisotopic (exact) mass is 338 g/mol. The lowest BCUT2D eigenvalue weighted by atomic mass is 10.3. The van der Waals surface area contributed by atoms with Gasteiger partial charge in [-0.3, -0.25) is 0 Å². The van der Waals surface area contributed by atoms with E-state index in [0.29, 0.717) is 25.7 Å². The number of nitrogens with two attached hydrogens (primary N) is 1. The van der Waals surface area contributed by atoms with Crippen molar-refractivity contribution in [2.45, 2.75) is 16.1 Å². The van der Waals surface area contributed by atoms with Gasteiger partial charge in [-0.2, -0.15) is 13.2 Å². The molecule has 2 aromatic rings. The molecule has 0 fully saturated rings. The van der Waals surface area contributed by atoms with E-state index in [0.717, 1.165) is 24.0 Å². The van der Waals surface area contributed by atoms with Crippen molar-refractivity contribution in [1.29, 1.82) is 0 Å². The Balaban J connectivity index is 2.27. The number of rotatable bonds is 2. The Morgan fingerprint density at radius 1 is 1.10 bits per heavy atom. The number of nitrogens with zero attached hydrogens (tertiary/aromatic N) is 1. The van der Waals surface area contributed by atoms with Crippen molar-refractivity contribution in [3.63, 3.8) is 0 Å². The normalized spacial score (nSPS) is 11.7. The van der Waals surface area contributed by atoms with Crippen LogP contribution in [0.25, 0.3) is 0 Å². The second kappa shape index (κ2) is 5.71. The predicted octanol–water partition coefficient (Wildman–Crippen LogP) is 5.14. The number of benzene rings is 1. The molecule has 2 rings (SSSR count). The van der Waals surface area contributed by atoms with Crippen molar-refractivity contribution in [2.24, 2.45) is 0 Å². The third-order valence-electron chi connectivity index (χ3n) is 2.29. The van der Waals surface area contributed by atoms with E-state index in [-0.39, 0.29) is 0 Å². The number of nitrogen functional groups attached to an aromatic ring is 1. The minimum atomic E-state index is -4.41. The highest BCUT2D eigenvalue weighted by Crippen LogP contribution is 2.39. The molecule has 0 saturated carbocycles. The molecule has 0 amide bonds. The lowest BCUT2D eigenvalue weighted by molar-refractivity contribution is -0.137. The first-order valence-electron chi connectivity index (χ1n) is 5.23. The average molecular weight is 339 g/mol. The first-order valence-corrected chi connectivity index (χ1v) is 6.80. The Bertz CT molecular complexity index is 607. The lowest BCUT2D eigenvalue weighted by Gasteiger charge is -2.09. The molecule has 1 heterocycles. The van der Waals surface area contributed by atoms with E-state index in [9.17, 15) is 13.2 Å². The highest BCUT2D eigenvalue weighted by Gasteiger charge is 2.30. The Kier molecular flexibility index (Phi) is 4.36. The number of halogens is 5. The molecule has 0 saturated heterocycles. The van der Waals surface area contributed by atoms with Gasteiger partial charge in [0.25, 0.3) is 0 Å². The zero-order chi connectivity index (χ0) is 14.9. The molecule has 0 aliphatic rings. The highest BCUT2D eigenvalue weighted by molar-refractivity contribution is 7.99. The molecular formula is C12H7Cl2F3N2S. The molecule has 0 unspecified atom stereocenters. The molecule has 2 nitrogen and oxygen atoms in total. The van der Waals surface area contributed by atoms with E-state index in [1.54, 1.807) is 0 Å². The number of hydrogen-bond acceptors (Lipinski definition) is 3. The summed E-state index contributed by atoms with van der Waals surface area (Å²) in [6, 6.07) is 5.24. The van der Waals surface area contributed by atoms with Crippen LogP contribution in [0.5, 0.6) is 0 Å². The van der Waals surface area contributed by atoms with E-state index in [2.05, 4.69) is 4.98 Å². The summed E-state index contributed by atoms with van der Waals surface area (Å²) in [6.07, 6.45) is -3.64. The van der Waals surface area contributed by atoms with Gasteiger partial charge >= 0.3 is 6.18 Å². The third-order valence-corrected chi connectivity index (χ3v) is 4.21. The van der Waals surface area contributed by atoms with Crippen LogP contribution >= 0.6 is 35.0 Å². The zero-order valence-corrected chi connectivity index (χ0v) is 12.0. The fourth-order valence-electron chi connectivity index (χ4n) is 1.39. The largest absolute Gasteiger partial charge is 0.417 e. The van der Waals surface area contributed by atoms with E-state index >= 15 is 0 Å². The molecule has 0 aliphatic heterocycles. The molecule has 106 valence electrons. The maximum absolute atomic E-state index is 12.4. The van der Waals surface area contributed by atoms with Crippen LogP contribution in [0.2, 0.25) is 10.0 Å². The summed E-state index contributed by atoms with van der Waals surface area (Å²) < 4.78 is 37.2. The SMILES string of the molecule is Nc1cc(Cl)c(Sc2ccc(C(F)(F)F)cn2)c(Cl)c1. The molecule has 20 heavy (non-hydrogen) atoms. The van der Waals surface area contributed by atoms with Gasteiger partial charge in [0.15, 0.2) is 0 Å². The highest BCUT2D eigenvalue weighted by atomic mass is 35.5. The topological polar surface area (TPSA) is 38.9 Å². The van der Waals surface area contributed by atoms with Crippen LogP contribution in [-0.4, -0.2) is 4.98 Å². The Morgan fingerprint density at radius 2 is 1.70 bits per heavy atom. The number of anilines is 1. The van der Waals surface area contributed by atoms with E-state index < -0.39 is 11.7 Å². The first kappa shape index (κ1) is 15.3. The minimum absolute atomic E-state index is 0.321. The summed E-state index contributed by atoms with van der Waals surface area (Å²) >= 11 is 13.1. The number of hydrogen-bond donors (Lipinski definition) is 1. The van der Waals surface area contributed by atoms with Crippen LogP contribution in [0.3, 0.4) is 0 Å². The van der Waals surface area contributed by atoms with Crippen LogP contribution in [0.4, 0.5) is 18.9 Å². The van der Waals surface area contributed by atoms with Gasteiger partial charge in [0, 0.05) is 11.9 Å². The molecule has 0 spiro atoms. The van der Waals surface area contributed by atoms with Crippen molar-refractivity contribution in [2.75, 3.05) is 5.73 Å². The van der Waals surface area contributed by atoms with Crippen molar-refractivity contribution in [3.8, 4) is 0 Å². The van der Waals surface area contributed by atoms with Crippen LogP contribution in [-0.2, 0) is 6.18 Å². The molecule has 0 atom stereocenters. The summed E-state index contributed by atoms with van der Waals surface area (Å²) in [5.41, 5.74) is 5.17. The standard InChI is InChI=1S/C12H7Cl2F3N2S/c13-8-3-7(18)4-9(14)11(8)20-10-2-1-6(5-19-10)12(15,16)17/h1-5H,18H2. The van der Waals surface area contributed by atoms with Gasteiger partial charge in [-0.15, -0.1) is 0 Å². The molecule has 1 aromatic heterocycles. The summed E-state index contributed by atoms with van der Waals surface area (Å²) in [5.74, 6) is 0. The number of pyridine rings is 1. The maximum Gasteiger partial charge on any atom is 0.417 e. The maximum atomic E-state index is 12.4. The van der Waals surface area contributed by atoms with Crippen molar-refractivity contribution < 1.29 is 13.2 Å². The fourth-order valence-corrected chi connectivity index (χ4v) is 2.89. The second-order valence-electron chi connectivity index (χ2n) is 3.80. The van der Waals surface area contributed by atoms with Crippen LogP contribution < -0.4 is 5.73 Å². The summed E-state index contributed by atoms with van der Waals surface area (Å²) in [5, 5.41) is 0.995. The third kappa shape index (κ3) is 3.50. The van der Waals surface area contributed by atoms with Crippen LogP contribution in [0.15, 0.2) is 40.4 Å².